The van der Waals surface area contributed by atoms with Gasteiger partial charge >= 0.3 is 12.1 Å². The van der Waals surface area contributed by atoms with Crippen LogP contribution in [0.4, 0.5) is 4.79 Å². The van der Waals surface area contributed by atoms with E-state index in [0.29, 0.717) is 13.2 Å². The molecule has 0 radical (unpaired) electrons. The van der Waals surface area contributed by atoms with Crippen LogP contribution in [0.25, 0.3) is 0 Å². The largest absolute Gasteiger partial charge is 0.466 e. The summed E-state index contributed by atoms with van der Waals surface area (Å²) in [7, 11) is 0. The van der Waals surface area contributed by atoms with Gasteiger partial charge in [-0.25, -0.2) is 4.79 Å². The minimum atomic E-state index is -0.594. The molecule has 0 spiro atoms. The monoisotopic (exact) mass is 323 g/mol. The van der Waals surface area contributed by atoms with Crippen molar-refractivity contribution < 1.29 is 19.1 Å². The number of hydrogen-bond acceptors (Lipinski definition) is 5. The molecule has 7 heteroatoms. The number of carbonyl (C=O) groups is 2. The highest BCUT2D eigenvalue weighted by Gasteiger charge is 2.36. The summed E-state index contributed by atoms with van der Waals surface area (Å²) in [4.78, 5) is 26.3. The number of carbonyl (C=O) groups excluding carboxylic acids is 2. The van der Waals surface area contributed by atoms with Crippen LogP contribution in [0, 0.1) is 5.92 Å². The van der Waals surface area contributed by atoms with Crippen molar-refractivity contribution in [1.29, 1.82) is 0 Å². The Kier molecular flexibility index (Phi) is 4.97. The topological polar surface area (TPSA) is 73.7 Å². The highest BCUT2D eigenvalue weighted by Crippen LogP contribution is 2.28. The fourth-order valence-electron chi connectivity index (χ4n) is 2.63. The smallest absolute Gasteiger partial charge is 0.410 e. The molecule has 1 aliphatic rings. The normalized spacial score (nSPS) is 21.3. The zero-order valence-corrected chi connectivity index (χ0v) is 14.4. The van der Waals surface area contributed by atoms with Crippen molar-refractivity contribution in [1.82, 2.24) is 14.7 Å². The van der Waals surface area contributed by atoms with Gasteiger partial charge < -0.3 is 9.47 Å². The Balaban J connectivity index is 2.29. The fraction of sp³-hybridized carbons (Fsp3) is 0.688. The van der Waals surface area contributed by atoms with Gasteiger partial charge in [-0.2, -0.15) is 5.10 Å². The molecule has 0 bridgehead atoms. The van der Waals surface area contributed by atoms with Gasteiger partial charge in [0, 0.05) is 12.7 Å². The molecule has 2 atom stereocenters. The van der Waals surface area contributed by atoms with Crippen molar-refractivity contribution in [2.45, 2.75) is 52.8 Å². The highest BCUT2D eigenvalue weighted by atomic mass is 16.6. The molecule has 0 saturated carbocycles. The Bertz CT molecular complexity index is 576. The maximum atomic E-state index is 12.6. The molecule has 2 heterocycles. The molecule has 1 aliphatic heterocycles. The average Bonchev–Trinajstić information content (AvgIpc) is 2.83. The van der Waals surface area contributed by atoms with Crippen molar-refractivity contribution in [2.75, 3.05) is 13.2 Å². The number of amides is 1. The van der Waals surface area contributed by atoms with Crippen molar-refractivity contribution in [3.05, 3.63) is 18.0 Å². The Labute approximate surface area is 136 Å². The number of rotatable bonds is 2. The molecule has 1 aromatic heterocycles. The van der Waals surface area contributed by atoms with Gasteiger partial charge in [0.05, 0.1) is 30.8 Å². The summed E-state index contributed by atoms with van der Waals surface area (Å²) in [6.45, 7) is 10.1. The van der Waals surface area contributed by atoms with E-state index in [1.807, 2.05) is 33.8 Å². The predicted molar refractivity (Wildman–Crippen MR) is 83.7 cm³/mol. The number of esters is 1. The van der Waals surface area contributed by atoms with E-state index in [1.54, 1.807) is 22.7 Å². The van der Waals surface area contributed by atoms with Crippen LogP contribution in [-0.2, 0) is 20.8 Å². The molecule has 128 valence electrons. The van der Waals surface area contributed by atoms with E-state index in [9.17, 15) is 9.59 Å². The second-order valence-electron chi connectivity index (χ2n) is 6.70. The molecule has 0 aliphatic carbocycles. The lowest BCUT2D eigenvalue weighted by Crippen LogP contribution is -2.42. The second-order valence-corrected chi connectivity index (χ2v) is 6.70. The summed E-state index contributed by atoms with van der Waals surface area (Å²) < 4.78 is 12.4. The first-order valence-corrected chi connectivity index (χ1v) is 7.91. The molecule has 0 unspecified atom stereocenters. The number of hydrogen-bond donors (Lipinski definition) is 0. The zero-order chi connectivity index (χ0) is 17.2. The summed E-state index contributed by atoms with van der Waals surface area (Å²) in [5.41, 5.74) is 0.283. The molecule has 1 aromatic rings. The van der Waals surface area contributed by atoms with Crippen LogP contribution < -0.4 is 0 Å². The van der Waals surface area contributed by atoms with E-state index in [-0.39, 0.29) is 18.6 Å². The van der Waals surface area contributed by atoms with Gasteiger partial charge in [0.15, 0.2) is 0 Å². The number of nitrogens with zero attached hydrogens (tertiary/aromatic N) is 3. The Morgan fingerprint density at radius 1 is 1.35 bits per heavy atom. The van der Waals surface area contributed by atoms with Crippen molar-refractivity contribution in [2.24, 2.45) is 5.92 Å². The maximum absolute atomic E-state index is 12.6. The van der Waals surface area contributed by atoms with Crippen LogP contribution in [0.2, 0.25) is 0 Å². The molecule has 0 aromatic carbocycles. The molecule has 2 rings (SSSR count). The third-order valence-electron chi connectivity index (χ3n) is 3.70. The molecule has 23 heavy (non-hydrogen) atoms. The standard InChI is InChI=1S/C16H25N3O4/c1-6-22-14(20)12-9-18(15(21)23-16(3,4)5)11(2)13-7-8-17-19(13)10-12/h7-8,11-12H,6,9-10H2,1-5H3/t11-,12-/m1/s1. The van der Waals surface area contributed by atoms with E-state index in [4.69, 9.17) is 9.47 Å². The van der Waals surface area contributed by atoms with Gasteiger partial charge in [0.2, 0.25) is 0 Å². The number of aromatic nitrogens is 2. The summed E-state index contributed by atoms with van der Waals surface area (Å²) in [5.74, 6) is -0.789. The van der Waals surface area contributed by atoms with Gasteiger partial charge in [-0.3, -0.25) is 14.4 Å². The minimum Gasteiger partial charge on any atom is -0.466 e. The molecule has 0 N–H and O–H groups in total. The summed E-state index contributed by atoms with van der Waals surface area (Å²) in [6.07, 6.45) is 1.24. The van der Waals surface area contributed by atoms with Crippen molar-refractivity contribution in [3.8, 4) is 0 Å². The quantitative estimate of drug-likeness (QED) is 0.781. The van der Waals surface area contributed by atoms with Gasteiger partial charge in [-0.1, -0.05) is 0 Å². The number of fused-ring (bicyclic) bond motifs is 1. The van der Waals surface area contributed by atoms with Crippen molar-refractivity contribution >= 4 is 12.1 Å². The molecule has 1 amide bonds. The molecule has 0 saturated heterocycles. The van der Waals surface area contributed by atoms with Gasteiger partial charge in [-0.15, -0.1) is 0 Å². The van der Waals surface area contributed by atoms with Crippen LogP contribution in [-0.4, -0.2) is 45.5 Å². The first-order chi connectivity index (χ1) is 10.7. The van der Waals surface area contributed by atoms with E-state index >= 15 is 0 Å². The van der Waals surface area contributed by atoms with E-state index in [0.717, 1.165) is 5.69 Å². The predicted octanol–water partition coefficient (Wildman–Crippen LogP) is 2.37. The zero-order valence-electron chi connectivity index (χ0n) is 14.4. The molecular weight excluding hydrogens is 298 g/mol. The second kappa shape index (κ2) is 6.60. The van der Waals surface area contributed by atoms with Crippen LogP contribution in [0.3, 0.4) is 0 Å². The highest BCUT2D eigenvalue weighted by molar-refractivity contribution is 5.75. The molecular formula is C16H25N3O4. The lowest BCUT2D eigenvalue weighted by Gasteiger charge is -2.31. The first-order valence-electron chi connectivity index (χ1n) is 7.91. The number of ether oxygens (including phenoxy) is 2. The van der Waals surface area contributed by atoms with Crippen molar-refractivity contribution in [3.63, 3.8) is 0 Å². The molecule has 0 fully saturated rings. The Hall–Kier alpha value is -2.05. The first kappa shape index (κ1) is 17.3. The van der Waals surface area contributed by atoms with Gasteiger partial charge in [0.1, 0.15) is 5.60 Å². The third-order valence-corrected chi connectivity index (χ3v) is 3.70. The van der Waals surface area contributed by atoms with Crippen LogP contribution >= 0.6 is 0 Å². The van der Waals surface area contributed by atoms with E-state index in [2.05, 4.69) is 5.10 Å². The minimum absolute atomic E-state index is 0.230. The lowest BCUT2D eigenvalue weighted by atomic mass is 10.1. The van der Waals surface area contributed by atoms with E-state index in [1.165, 1.54) is 0 Å². The Morgan fingerprint density at radius 2 is 2.04 bits per heavy atom. The summed E-state index contributed by atoms with van der Waals surface area (Å²) in [6, 6.07) is 1.63. The fourth-order valence-corrected chi connectivity index (χ4v) is 2.63. The Morgan fingerprint density at radius 3 is 2.65 bits per heavy atom. The maximum Gasteiger partial charge on any atom is 0.410 e. The van der Waals surface area contributed by atoms with E-state index < -0.39 is 17.6 Å². The third kappa shape index (κ3) is 4.03. The molecule has 7 nitrogen and oxygen atoms in total. The summed E-state index contributed by atoms with van der Waals surface area (Å²) >= 11 is 0. The SMILES string of the molecule is CCOC(=O)[C@@H]1CN(C(=O)OC(C)(C)C)[C@H](C)c2ccnn2C1. The van der Waals surface area contributed by atoms with Crippen LogP contribution in [0.15, 0.2) is 12.3 Å². The van der Waals surface area contributed by atoms with Gasteiger partial charge in [0.25, 0.3) is 0 Å². The van der Waals surface area contributed by atoms with Crippen LogP contribution in [0.5, 0.6) is 0 Å². The summed E-state index contributed by atoms with van der Waals surface area (Å²) in [5, 5.41) is 4.26. The average molecular weight is 323 g/mol. The van der Waals surface area contributed by atoms with Gasteiger partial charge in [-0.05, 0) is 40.7 Å². The lowest BCUT2D eigenvalue weighted by molar-refractivity contribution is -0.149. The van der Waals surface area contributed by atoms with Crippen LogP contribution in [0.1, 0.15) is 46.4 Å².